The first-order valence-electron chi connectivity index (χ1n) is 5.82. The number of para-hydroxylation sites is 1. The van der Waals surface area contributed by atoms with E-state index in [2.05, 4.69) is 15.9 Å². The smallest absolute Gasteiger partial charge is 0.156 e. The maximum Gasteiger partial charge on any atom is 0.156 e. The second-order valence-electron chi connectivity index (χ2n) is 3.94. The van der Waals surface area contributed by atoms with Gasteiger partial charge >= 0.3 is 0 Å². The Morgan fingerprint density at radius 2 is 1.85 bits per heavy atom. The molecule has 6 heteroatoms. The van der Waals surface area contributed by atoms with Crippen LogP contribution >= 0.6 is 50.9 Å². The van der Waals surface area contributed by atoms with Crippen LogP contribution in [-0.4, -0.2) is 12.4 Å². The summed E-state index contributed by atoms with van der Waals surface area (Å²) in [5.41, 5.74) is 6.43. The van der Waals surface area contributed by atoms with Crippen LogP contribution in [0.4, 0.5) is 5.69 Å². The summed E-state index contributed by atoms with van der Waals surface area (Å²) >= 11 is 17.2. The molecule has 0 heterocycles. The van der Waals surface area contributed by atoms with Crippen molar-refractivity contribution >= 4 is 56.6 Å². The fourth-order valence-electron chi connectivity index (χ4n) is 1.55. The lowest BCUT2D eigenvalue weighted by Crippen LogP contribution is -2.01. The Bertz CT molecular complexity index is 589. The highest BCUT2D eigenvalue weighted by atomic mass is 79.9. The summed E-state index contributed by atoms with van der Waals surface area (Å²) < 4.78 is 6.61. The van der Waals surface area contributed by atoms with Crippen LogP contribution in [-0.2, 0) is 0 Å². The third-order valence-corrected chi connectivity index (χ3v) is 5.01. The van der Waals surface area contributed by atoms with Gasteiger partial charge in [0, 0.05) is 20.8 Å². The van der Waals surface area contributed by atoms with Gasteiger partial charge in [-0.1, -0.05) is 29.3 Å². The molecule has 106 valence electrons. The molecule has 0 aliphatic rings. The zero-order valence-corrected chi connectivity index (χ0v) is 14.3. The van der Waals surface area contributed by atoms with Gasteiger partial charge in [0.1, 0.15) is 0 Å². The van der Waals surface area contributed by atoms with Gasteiger partial charge in [0.15, 0.2) is 5.75 Å². The average Bonchev–Trinajstić information content (AvgIpc) is 2.39. The van der Waals surface area contributed by atoms with E-state index in [-0.39, 0.29) is 0 Å². The lowest BCUT2D eigenvalue weighted by Gasteiger charge is -2.10. The van der Waals surface area contributed by atoms with E-state index in [1.165, 1.54) is 0 Å². The summed E-state index contributed by atoms with van der Waals surface area (Å²) in [6.45, 7) is 0.519. The van der Waals surface area contributed by atoms with Gasteiger partial charge in [0.25, 0.3) is 0 Å². The molecule has 0 saturated heterocycles. The van der Waals surface area contributed by atoms with Gasteiger partial charge in [-0.3, -0.25) is 0 Å². The number of nitrogen functional groups attached to an aromatic ring is 1. The molecular weight excluding hydrogens is 381 g/mol. The number of benzene rings is 2. The summed E-state index contributed by atoms with van der Waals surface area (Å²) in [6, 6.07) is 11.0. The first-order valence-corrected chi connectivity index (χ1v) is 8.36. The SMILES string of the molecule is Nc1ccc(SCCOc2c(Cl)cccc2Cl)c(Br)c1. The van der Waals surface area contributed by atoms with Crippen molar-refractivity contribution in [3.8, 4) is 5.75 Å². The van der Waals surface area contributed by atoms with Crippen molar-refractivity contribution in [1.82, 2.24) is 0 Å². The van der Waals surface area contributed by atoms with Gasteiger partial charge in [-0.05, 0) is 46.3 Å². The van der Waals surface area contributed by atoms with E-state index >= 15 is 0 Å². The number of hydrogen-bond acceptors (Lipinski definition) is 3. The molecule has 0 aromatic heterocycles. The van der Waals surface area contributed by atoms with Gasteiger partial charge in [0.2, 0.25) is 0 Å². The van der Waals surface area contributed by atoms with Crippen LogP contribution in [0.2, 0.25) is 10.0 Å². The molecule has 2 nitrogen and oxygen atoms in total. The van der Waals surface area contributed by atoms with Crippen LogP contribution < -0.4 is 10.5 Å². The Labute approximate surface area is 140 Å². The quantitative estimate of drug-likeness (QED) is 0.414. The molecule has 20 heavy (non-hydrogen) atoms. The van der Waals surface area contributed by atoms with Crippen molar-refractivity contribution in [1.29, 1.82) is 0 Å². The Morgan fingerprint density at radius 3 is 2.50 bits per heavy atom. The first kappa shape index (κ1) is 15.8. The van der Waals surface area contributed by atoms with E-state index in [9.17, 15) is 0 Å². The largest absolute Gasteiger partial charge is 0.490 e. The lowest BCUT2D eigenvalue weighted by molar-refractivity contribution is 0.344. The fraction of sp³-hybridized carbons (Fsp3) is 0.143. The number of nitrogens with two attached hydrogens (primary N) is 1. The Balaban J connectivity index is 1.88. The first-order chi connectivity index (χ1) is 9.58. The third-order valence-electron chi connectivity index (χ3n) is 2.46. The number of ether oxygens (including phenoxy) is 1. The maximum absolute atomic E-state index is 6.03. The van der Waals surface area contributed by atoms with Crippen molar-refractivity contribution < 1.29 is 4.74 Å². The van der Waals surface area contributed by atoms with Crippen molar-refractivity contribution in [2.24, 2.45) is 0 Å². The van der Waals surface area contributed by atoms with E-state index in [4.69, 9.17) is 33.7 Å². The second kappa shape index (κ2) is 7.46. The van der Waals surface area contributed by atoms with Gasteiger partial charge in [-0.25, -0.2) is 0 Å². The second-order valence-corrected chi connectivity index (χ2v) is 6.74. The molecule has 0 radical (unpaired) electrons. The summed E-state index contributed by atoms with van der Waals surface area (Å²) in [5, 5.41) is 1.05. The zero-order chi connectivity index (χ0) is 14.5. The number of rotatable bonds is 5. The molecule has 2 rings (SSSR count). The number of anilines is 1. The predicted octanol–water partition coefficient (Wildman–Crippen LogP) is 5.51. The Hall–Kier alpha value is -0.550. The number of thioether (sulfide) groups is 1. The van der Waals surface area contributed by atoms with Crippen LogP contribution in [0, 0.1) is 0 Å². The summed E-state index contributed by atoms with van der Waals surface area (Å²) in [4.78, 5) is 1.12. The zero-order valence-electron chi connectivity index (χ0n) is 10.4. The molecule has 0 amide bonds. The fourth-order valence-corrected chi connectivity index (χ4v) is 3.54. The topological polar surface area (TPSA) is 35.2 Å². The van der Waals surface area contributed by atoms with Gasteiger partial charge in [-0.15, -0.1) is 11.8 Å². The van der Waals surface area contributed by atoms with Crippen LogP contribution in [0.25, 0.3) is 0 Å². The molecule has 0 spiro atoms. The highest BCUT2D eigenvalue weighted by molar-refractivity contribution is 9.10. The summed E-state index contributed by atoms with van der Waals surface area (Å²) in [5.74, 6) is 1.32. The lowest BCUT2D eigenvalue weighted by atomic mass is 10.3. The minimum atomic E-state index is 0.519. The minimum absolute atomic E-state index is 0.519. The van der Waals surface area contributed by atoms with E-state index in [1.54, 1.807) is 30.0 Å². The van der Waals surface area contributed by atoms with Crippen molar-refractivity contribution in [3.05, 3.63) is 50.9 Å². The highest BCUT2D eigenvalue weighted by Gasteiger charge is 2.07. The van der Waals surface area contributed by atoms with Crippen LogP contribution in [0.15, 0.2) is 45.8 Å². The molecule has 0 saturated carbocycles. The van der Waals surface area contributed by atoms with E-state index in [0.29, 0.717) is 22.4 Å². The molecule has 0 bridgehead atoms. The monoisotopic (exact) mass is 391 g/mol. The van der Waals surface area contributed by atoms with E-state index in [0.717, 1.165) is 20.8 Å². The molecule has 2 aromatic rings. The molecule has 2 aromatic carbocycles. The van der Waals surface area contributed by atoms with Crippen LogP contribution in [0.1, 0.15) is 0 Å². The van der Waals surface area contributed by atoms with Gasteiger partial charge in [0.05, 0.1) is 16.7 Å². The molecule has 0 atom stereocenters. The molecular formula is C14H12BrCl2NOS. The van der Waals surface area contributed by atoms with E-state index in [1.807, 2.05) is 18.2 Å². The number of halogens is 3. The summed E-state index contributed by atoms with van der Waals surface area (Å²) in [6.07, 6.45) is 0. The molecule has 0 aliphatic heterocycles. The minimum Gasteiger partial charge on any atom is -0.490 e. The van der Waals surface area contributed by atoms with Crippen molar-refractivity contribution in [2.75, 3.05) is 18.1 Å². The molecule has 0 aliphatic carbocycles. The standard InChI is InChI=1S/C14H12BrCl2NOS/c15-10-8-9(18)4-5-13(10)20-7-6-19-14-11(16)2-1-3-12(14)17/h1-5,8H,6-7,18H2. The molecule has 0 fully saturated rings. The average molecular weight is 393 g/mol. The summed E-state index contributed by atoms with van der Waals surface area (Å²) in [7, 11) is 0. The van der Waals surface area contributed by atoms with E-state index < -0.39 is 0 Å². The van der Waals surface area contributed by atoms with Crippen molar-refractivity contribution in [3.63, 3.8) is 0 Å². The highest BCUT2D eigenvalue weighted by Crippen LogP contribution is 2.33. The number of hydrogen-bond donors (Lipinski definition) is 1. The van der Waals surface area contributed by atoms with Crippen molar-refractivity contribution in [2.45, 2.75) is 4.90 Å². The van der Waals surface area contributed by atoms with Crippen LogP contribution in [0.3, 0.4) is 0 Å². The predicted molar refractivity (Wildman–Crippen MR) is 91.2 cm³/mol. The normalized spacial score (nSPS) is 10.6. The van der Waals surface area contributed by atoms with Gasteiger partial charge < -0.3 is 10.5 Å². The maximum atomic E-state index is 6.03. The Kier molecular flexibility index (Phi) is 5.90. The molecule has 0 unspecified atom stereocenters. The van der Waals surface area contributed by atoms with Gasteiger partial charge in [-0.2, -0.15) is 0 Å². The Morgan fingerprint density at radius 1 is 1.15 bits per heavy atom. The molecule has 2 N–H and O–H groups in total. The third kappa shape index (κ3) is 4.22. The van der Waals surface area contributed by atoms with Crippen LogP contribution in [0.5, 0.6) is 5.75 Å².